The highest BCUT2D eigenvalue weighted by Crippen LogP contribution is 2.33. The van der Waals surface area contributed by atoms with Crippen LogP contribution in [0.4, 0.5) is 0 Å². The fourth-order valence-electron chi connectivity index (χ4n) is 4.15. The van der Waals surface area contributed by atoms with Gasteiger partial charge in [-0.05, 0) is 63.6 Å². The van der Waals surface area contributed by atoms with Crippen molar-refractivity contribution >= 4 is 16.9 Å². The highest BCUT2D eigenvalue weighted by molar-refractivity contribution is 6.07. The summed E-state index contributed by atoms with van der Waals surface area (Å²) in [5.41, 5.74) is 5.79. The monoisotopic (exact) mass is 442 g/mol. The van der Waals surface area contributed by atoms with Gasteiger partial charge in [0.15, 0.2) is 17.1 Å². The quantitative estimate of drug-likeness (QED) is 0.499. The van der Waals surface area contributed by atoms with Gasteiger partial charge in [-0.25, -0.2) is 9.67 Å². The van der Waals surface area contributed by atoms with Crippen molar-refractivity contribution in [2.24, 2.45) is 0 Å². The Bertz CT molecular complexity index is 1360. The molecule has 0 saturated carbocycles. The minimum atomic E-state index is -0.218. The maximum absolute atomic E-state index is 13.4. The lowest BCUT2D eigenvalue weighted by Gasteiger charge is -2.21. The molecule has 1 amide bonds. The summed E-state index contributed by atoms with van der Waals surface area (Å²) in [5.74, 6) is 1.27. The van der Waals surface area contributed by atoms with Crippen molar-refractivity contribution in [2.75, 3.05) is 13.2 Å². The molecule has 7 nitrogen and oxygen atoms in total. The third-order valence-electron chi connectivity index (χ3n) is 5.88. The highest BCUT2D eigenvalue weighted by Gasteiger charge is 2.22. The largest absolute Gasteiger partial charge is 0.486 e. The van der Waals surface area contributed by atoms with Gasteiger partial charge in [0, 0.05) is 5.69 Å². The first-order chi connectivity index (χ1) is 15.9. The Balaban J connectivity index is 1.49. The van der Waals surface area contributed by atoms with Crippen molar-refractivity contribution in [1.29, 1.82) is 0 Å². The Morgan fingerprint density at radius 2 is 1.73 bits per heavy atom. The summed E-state index contributed by atoms with van der Waals surface area (Å²) in [6, 6.07) is 15.5. The molecule has 0 saturated heterocycles. The predicted molar refractivity (Wildman–Crippen MR) is 126 cm³/mol. The summed E-state index contributed by atoms with van der Waals surface area (Å²) < 4.78 is 13.1. The molecule has 5 rings (SSSR count). The number of aromatic nitrogens is 3. The zero-order valence-corrected chi connectivity index (χ0v) is 19.2. The maximum atomic E-state index is 13.4. The van der Waals surface area contributed by atoms with Gasteiger partial charge in [-0.15, -0.1) is 0 Å². The fourth-order valence-corrected chi connectivity index (χ4v) is 4.15. The van der Waals surface area contributed by atoms with Crippen molar-refractivity contribution in [3.05, 3.63) is 76.6 Å². The lowest BCUT2D eigenvalue weighted by Crippen LogP contribution is -2.27. The summed E-state index contributed by atoms with van der Waals surface area (Å²) in [7, 11) is 0. The Hall–Kier alpha value is -3.87. The second-order valence-electron chi connectivity index (χ2n) is 8.44. The van der Waals surface area contributed by atoms with Crippen molar-refractivity contribution < 1.29 is 14.3 Å². The standard InChI is InChI=1S/C26H26N4O3/c1-15-5-8-20(9-6-15)30-25-24(18(4)29-30)21(13-16(2)27-25)26(31)28-17(3)19-7-10-22-23(14-19)33-12-11-32-22/h5-10,13-14,17H,11-12H2,1-4H3,(H,28,31). The summed E-state index contributed by atoms with van der Waals surface area (Å²) in [6.45, 7) is 8.87. The van der Waals surface area contributed by atoms with E-state index in [1.807, 2.05) is 76.2 Å². The molecule has 0 fully saturated rings. The van der Waals surface area contributed by atoms with Crippen LogP contribution in [0.3, 0.4) is 0 Å². The molecule has 1 N–H and O–H groups in total. The number of ether oxygens (including phenoxy) is 2. The molecule has 2 aromatic heterocycles. The van der Waals surface area contributed by atoms with Gasteiger partial charge < -0.3 is 14.8 Å². The van der Waals surface area contributed by atoms with Crippen LogP contribution in [-0.4, -0.2) is 33.9 Å². The average molecular weight is 443 g/mol. The van der Waals surface area contributed by atoms with Crippen LogP contribution in [0.5, 0.6) is 11.5 Å². The molecule has 1 unspecified atom stereocenters. The van der Waals surface area contributed by atoms with Gasteiger partial charge in [-0.2, -0.15) is 5.10 Å². The zero-order valence-electron chi connectivity index (χ0n) is 19.2. The molecule has 1 atom stereocenters. The van der Waals surface area contributed by atoms with Crippen molar-refractivity contribution in [2.45, 2.75) is 33.7 Å². The second-order valence-corrected chi connectivity index (χ2v) is 8.44. The Labute approximate surface area is 192 Å². The summed E-state index contributed by atoms with van der Waals surface area (Å²) in [5, 5.41) is 8.58. The number of aryl methyl sites for hydroxylation is 3. The Morgan fingerprint density at radius 1 is 1.00 bits per heavy atom. The number of nitrogens with one attached hydrogen (secondary N) is 1. The van der Waals surface area contributed by atoms with E-state index in [9.17, 15) is 4.79 Å². The molecular formula is C26H26N4O3. The number of fused-ring (bicyclic) bond motifs is 2. The molecule has 1 aliphatic heterocycles. The van der Waals surface area contributed by atoms with E-state index in [1.54, 1.807) is 4.68 Å². The van der Waals surface area contributed by atoms with Gasteiger partial charge >= 0.3 is 0 Å². The number of carbonyl (C=O) groups is 1. The van der Waals surface area contributed by atoms with Crippen molar-refractivity contribution in [3.8, 4) is 17.2 Å². The highest BCUT2D eigenvalue weighted by atomic mass is 16.6. The van der Waals surface area contributed by atoms with E-state index in [0.717, 1.165) is 33.8 Å². The number of nitrogens with zero attached hydrogens (tertiary/aromatic N) is 3. The van der Waals surface area contributed by atoms with Crippen molar-refractivity contribution in [3.63, 3.8) is 0 Å². The van der Waals surface area contributed by atoms with Crippen LogP contribution in [0.2, 0.25) is 0 Å². The SMILES string of the molecule is Cc1ccc(-n2nc(C)c3c(C(=O)NC(C)c4ccc5c(c4)OCCO5)cc(C)nc32)cc1. The van der Waals surface area contributed by atoms with Crippen LogP contribution >= 0.6 is 0 Å². The number of benzene rings is 2. The summed E-state index contributed by atoms with van der Waals surface area (Å²) in [4.78, 5) is 18.1. The van der Waals surface area contributed by atoms with E-state index >= 15 is 0 Å². The molecule has 0 bridgehead atoms. The summed E-state index contributed by atoms with van der Waals surface area (Å²) in [6.07, 6.45) is 0. The van der Waals surface area contributed by atoms with E-state index < -0.39 is 0 Å². The Morgan fingerprint density at radius 3 is 2.48 bits per heavy atom. The molecule has 1 aliphatic rings. The van der Waals surface area contributed by atoms with E-state index in [-0.39, 0.29) is 11.9 Å². The third kappa shape index (κ3) is 3.91. The van der Waals surface area contributed by atoms with Gasteiger partial charge in [0.05, 0.1) is 28.4 Å². The van der Waals surface area contributed by atoms with E-state index in [1.165, 1.54) is 5.56 Å². The number of rotatable bonds is 4. The fraction of sp³-hybridized carbons (Fsp3) is 0.269. The van der Waals surface area contributed by atoms with Crippen LogP contribution in [0, 0.1) is 20.8 Å². The molecule has 0 radical (unpaired) electrons. The van der Waals surface area contributed by atoms with Gasteiger partial charge in [0.25, 0.3) is 5.91 Å². The minimum Gasteiger partial charge on any atom is -0.486 e. The molecule has 3 heterocycles. The number of pyridine rings is 1. The first kappa shape index (κ1) is 21.0. The third-order valence-corrected chi connectivity index (χ3v) is 5.88. The molecule has 2 aromatic carbocycles. The predicted octanol–water partition coefficient (Wildman–Crippen LogP) is 4.61. The molecule has 33 heavy (non-hydrogen) atoms. The van der Waals surface area contributed by atoms with Gasteiger partial charge in [0.2, 0.25) is 0 Å². The summed E-state index contributed by atoms with van der Waals surface area (Å²) >= 11 is 0. The molecule has 7 heteroatoms. The van der Waals surface area contributed by atoms with Crippen LogP contribution in [0.15, 0.2) is 48.5 Å². The lowest BCUT2D eigenvalue weighted by molar-refractivity contribution is 0.0941. The van der Waals surface area contributed by atoms with Gasteiger partial charge in [0.1, 0.15) is 13.2 Å². The van der Waals surface area contributed by atoms with Crippen molar-refractivity contribution in [1.82, 2.24) is 20.1 Å². The average Bonchev–Trinajstić information content (AvgIpc) is 3.14. The molecule has 168 valence electrons. The minimum absolute atomic E-state index is 0.167. The van der Waals surface area contributed by atoms with Crippen LogP contribution < -0.4 is 14.8 Å². The zero-order chi connectivity index (χ0) is 23.1. The van der Waals surface area contributed by atoms with Crippen LogP contribution in [0.1, 0.15) is 45.8 Å². The number of amides is 1. The van der Waals surface area contributed by atoms with E-state index in [0.29, 0.717) is 30.2 Å². The first-order valence-corrected chi connectivity index (χ1v) is 11.0. The number of hydrogen-bond acceptors (Lipinski definition) is 5. The topological polar surface area (TPSA) is 78.3 Å². The van der Waals surface area contributed by atoms with Crippen LogP contribution in [-0.2, 0) is 0 Å². The molecular weight excluding hydrogens is 416 g/mol. The van der Waals surface area contributed by atoms with E-state index in [2.05, 4.69) is 5.32 Å². The lowest BCUT2D eigenvalue weighted by atomic mass is 10.1. The molecule has 0 spiro atoms. The van der Waals surface area contributed by atoms with E-state index in [4.69, 9.17) is 19.6 Å². The van der Waals surface area contributed by atoms with Gasteiger partial charge in [-0.3, -0.25) is 4.79 Å². The Kier molecular flexibility index (Phi) is 5.24. The maximum Gasteiger partial charge on any atom is 0.252 e. The first-order valence-electron chi connectivity index (χ1n) is 11.0. The number of carbonyl (C=O) groups excluding carboxylic acids is 1. The number of hydrogen-bond donors (Lipinski definition) is 1. The second kappa shape index (κ2) is 8.24. The van der Waals surface area contributed by atoms with Crippen LogP contribution in [0.25, 0.3) is 16.7 Å². The molecule has 0 aliphatic carbocycles. The molecule has 4 aromatic rings. The normalized spacial score (nSPS) is 13.7. The van der Waals surface area contributed by atoms with Gasteiger partial charge in [-0.1, -0.05) is 23.8 Å². The smallest absolute Gasteiger partial charge is 0.252 e.